The van der Waals surface area contributed by atoms with Crippen LogP contribution in [0.25, 0.3) is 11.5 Å². The average Bonchev–Trinajstić information content (AvgIpc) is 3.08. The molecule has 0 saturated carbocycles. The Kier molecular flexibility index (Phi) is 6.40. The molecule has 2 atom stereocenters. The van der Waals surface area contributed by atoms with E-state index in [-0.39, 0.29) is 21.9 Å². The lowest BCUT2D eigenvalue weighted by atomic mass is 10.2. The molecule has 0 spiro atoms. The van der Waals surface area contributed by atoms with Gasteiger partial charge in [-0.1, -0.05) is 12.5 Å². The van der Waals surface area contributed by atoms with Gasteiger partial charge in [-0.3, -0.25) is 4.90 Å². The van der Waals surface area contributed by atoms with Crippen molar-refractivity contribution >= 4 is 22.2 Å². The molecule has 4 rings (SSSR count). The first-order valence-electron chi connectivity index (χ1n) is 10.4. The maximum Gasteiger partial charge on any atom is 0.288 e. The Morgan fingerprint density at radius 3 is 2.53 bits per heavy atom. The molecule has 0 bridgehead atoms. The highest BCUT2D eigenvalue weighted by Crippen LogP contribution is 2.25. The van der Waals surface area contributed by atoms with E-state index in [2.05, 4.69) is 10.00 Å². The van der Waals surface area contributed by atoms with Gasteiger partial charge >= 0.3 is 0 Å². The molecule has 2 fully saturated rings. The van der Waals surface area contributed by atoms with Gasteiger partial charge in [-0.25, -0.2) is 13.1 Å². The molecule has 10 heteroatoms. The van der Waals surface area contributed by atoms with Crippen LogP contribution in [-0.4, -0.2) is 65.8 Å². The SMILES string of the molecule is C[C@@H]1CN(Cn2nc(-c3cccc(S(=O)(=O)N4CCCCC4)c3)oc2=S)C[C@@H](C)O1. The Morgan fingerprint density at radius 1 is 1.13 bits per heavy atom. The van der Waals surface area contributed by atoms with Gasteiger partial charge < -0.3 is 9.15 Å². The van der Waals surface area contributed by atoms with Crippen molar-refractivity contribution in [1.82, 2.24) is 19.0 Å². The first-order valence-corrected chi connectivity index (χ1v) is 12.2. The highest BCUT2D eigenvalue weighted by molar-refractivity contribution is 7.89. The van der Waals surface area contributed by atoms with Gasteiger partial charge in [-0.2, -0.15) is 4.31 Å². The van der Waals surface area contributed by atoms with E-state index in [4.69, 9.17) is 21.4 Å². The number of ether oxygens (including phenoxy) is 1. The van der Waals surface area contributed by atoms with Gasteiger partial charge in [0.25, 0.3) is 4.84 Å². The molecule has 2 aliphatic rings. The fourth-order valence-electron chi connectivity index (χ4n) is 4.15. The summed E-state index contributed by atoms with van der Waals surface area (Å²) in [7, 11) is -3.52. The van der Waals surface area contributed by atoms with Crippen LogP contribution in [0.15, 0.2) is 33.6 Å². The summed E-state index contributed by atoms with van der Waals surface area (Å²) in [5.74, 6) is 0.324. The maximum absolute atomic E-state index is 13.0. The van der Waals surface area contributed by atoms with Gasteiger partial charge in [0.2, 0.25) is 15.9 Å². The van der Waals surface area contributed by atoms with E-state index < -0.39 is 10.0 Å². The summed E-state index contributed by atoms with van der Waals surface area (Å²) < 4.78 is 40.7. The third-order valence-electron chi connectivity index (χ3n) is 5.47. The lowest BCUT2D eigenvalue weighted by Crippen LogP contribution is -2.46. The van der Waals surface area contributed by atoms with Crippen molar-refractivity contribution in [2.45, 2.75) is 56.9 Å². The van der Waals surface area contributed by atoms with Crippen molar-refractivity contribution in [2.24, 2.45) is 0 Å². The van der Waals surface area contributed by atoms with E-state index in [0.29, 0.717) is 31.2 Å². The summed E-state index contributed by atoms with van der Waals surface area (Å²) in [5, 5.41) is 4.51. The van der Waals surface area contributed by atoms with E-state index in [1.54, 1.807) is 33.3 Å². The molecule has 3 heterocycles. The fourth-order valence-corrected chi connectivity index (χ4v) is 5.89. The summed E-state index contributed by atoms with van der Waals surface area (Å²) in [6, 6.07) is 6.75. The first-order chi connectivity index (χ1) is 14.3. The largest absolute Gasteiger partial charge is 0.409 e. The molecular formula is C20H28N4O4S2. The molecule has 0 N–H and O–H groups in total. The van der Waals surface area contributed by atoms with E-state index >= 15 is 0 Å². The molecule has 1 aromatic carbocycles. The van der Waals surface area contributed by atoms with E-state index in [0.717, 1.165) is 32.4 Å². The number of aromatic nitrogens is 2. The van der Waals surface area contributed by atoms with Crippen LogP contribution in [0.3, 0.4) is 0 Å². The van der Waals surface area contributed by atoms with Crippen LogP contribution in [0.4, 0.5) is 0 Å². The van der Waals surface area contributed by atoms with Gasteiger partial charge in [-0.05, 0) is 57.1 Å². The minimum Gasteiger partial charge on any atom is -0.409 e. The lowest BCUT2D eigenvalue weighted by Gasteiger charge is -2.34. The summed E-state index contributed by atoms with van der Waals surface area (Å²) >= 11 is 5.36. The molecule has 0 unspecified atom stereocenters. The Hall–Kier alpha value is -1.59. The molecule has 164 valence electrons. The third-order valence-corrected chi connectivity index (χ3v) is 7.66. The standard InChI is InChI=1S/C20H28N4O4S2/c1-15-12-22(13-16(2)27-15)14-24-20(29)28-19(21-24)17-7-6-8-18(11-17)30(25,26)23-9-4-3-5-10-23/h6-8,11,15-16H,3-5,9-10,12-14H2,1-2H3/t15-,16-/m1/s1. The topological polar surface area (TPSA) is 80.8 Å². The number of hydrogen-bond donors (Lipinski definition) is 0. The summed E-state index contributed by atoms with van der Waals surface area (Å²) in [4.78, 5) is 2.74. The van der Waals surface area contributed by atoms with Crippen LogP contribution in [-0.2, 0) is 21.4 Å². The predicted molar refractivity (Wildman–Crippen MR) is 115 cm³/mol. The van der Waals surface area contributed by atoms with Crippen LogP contribution >= 0.6 is 12.2 Å². The molecule has 2 aromatic rings. The van der Waals surface area contributed by atoms with Crippen molar-refractivity contribution < 1.29 is 17.6 Å². The Morgan fingerprint density at radius 2 is 1.83 bits per heavy atom. The minimum absolute atomic E-state index is 0.144. The molecular weight excluding hydrogens is 424 g/mol. The molecule has 2 aliphatic heterocycles. The summed E-state index contributed by atoms with van der Waals surface area (Å²) in [6.07, 6.45) is 3.16. The monoisotopic (exact) mass is 452 g/mol. The number of sulfonamides is 1. The zero-order valence-corrected chi connectivity index (χ0v) is 19.0. The Bertz CT molecular complexity index is 1030. The smallest absolute Gasteiger partial charge is 0.288 e. The Balaban J connectivity index is 1.56. The van der Waals surface area contributed by atoms with Crippen molar-refractivity contribution in [3.8, 4) is 11.5 Å². The van der Waals surface area contributed by atoms with Crippen molar-refractivity contribution in [1.29, 1.82) is 0 Å². The third kappa shape index (κ3) is 4.67. The molecule has 2 saturated heterocycles. The maximum atomic E-state index is 13.0. The summed E-state index contributed by atoms with van der Waals surface area (Å²) in [5.41, 5.74) is 0.599. The molecule has 30 heavy (non-hydrogen) atoms. The highest BCUT2D eigenvalue weighted by atomic mass is 32.2. The van der Waals surface area contributed by atoms with Gasteiger partial charge in [0.15, 0.2) is 0 Å². The van der Waals surface area contributed by atoms with Crippen molar-refractivity contribution in [3.05, 3.63) is 29.1 Å². The molecule has 0 amide bonds. The number of rotatable bonds is 5. The number of morpholine rings is 1. The molecule has 0 radical (unpaired) electrons. The number of nitrogens with zero attached hydrogens (tertiary/aromatic N) is 4. The van der Waals surface area contributed by atoms with E-state index in [1.807, 2.05) is 13.8 Å². The van der Waals surface area contributed by atoms with Crippen LogP contribution in [0.5, 0.6) is 0 Å². The quantitative estimate of drug-likeness (QED) is 0.645. The fraction of sp³-hybridized carbons (Fsp3) is 0.600. The van der Waals surface area contributed by atoms with Crippen molar-refractivity contribution in [2.75, 3.05) is 26.2 Å². The second-order valence-electron chi connectivity index (χ2n) is 8.10. The number of piperidine rings is 1. The van der Waals surface area contributed by atoms with E-state index in [9.17, 15) is 8.42 Å². The normalized spacial score (nSPS) is 24.2. The predicted octanol–water partition coefficient (Wildman–Crippen LogP) is 3.11. The zero-order chi connectivity index (χ0) is 21.3. The number of hydrogen-bond acceptors (Lipinski definition) is 7. The van der Waals surface area contributed by atoms with Crippen molar-refractivity contribution in [3.63, 3.8) is 0 Å². The Labute approximate surface area is 182 Å². The van der Waals surface area contributed by atoms with Crippen LogP contribution in [0, 0.1) is 4.84 Å². The molecule has 0 aliphatic carbocycles. The second kappa shape index (κ2) is 8.88. The van der Waals surface area contributed by atoms with Gasteiger partial charge in [0, 0.05) is 31.7 Å². The highest BCUT2D eigenvalue weighted by Gasteiger charge is 2.27. The van der Waals surface area contributed by atoms with Gasteiger partial charge in [-0.15, -0.1) is 5.10 Å². The molecule has 8 nitrogen and oxygen atoms in total. The summed E-state index contributed by atoms with van der Waals surface area (Å²) in [6.45, 7) is 7.31. The van der Waals surface area contributed by atoms with Gasteiger partial charge in [0.05, 0.1) is 23.8 Å². The van der Waals surface area contributed by atoms with E-state index in [1.165, 1.54) is 0 Å². The average molecular weight is 453 g/mol. The van der Waals surface area contributed by atoms with Crippen LogP contribution in [0.2, 0.25) is 0 Å². The lowest BCUT2D eigenvalue weighted by molar-refractivity contribution is -0.0778. The second-order valence-corrected chi connectivity index (χ2v) is 10.4. The van der Waals surface area contributed by atoms with Crippen LogP contribution < -0.4 is 0 Å². The van der Waals surface area contributed by atoms with Gasteiger partial charge in [0.1, 0.15) is 0 Å². The number of benzene rings is 1. The zero-order valence-electron chi connectivity index (χ0n) is 17.4. The first kappa shape index (κ1) is 21.6. The molecule has 1 aromatic heterocycles. The van der Waals surface area contributed by atoms with Crippen LogP contribution in [0.1, 0.15) is 33.1 Å². The minimum atomic E-state index is -3.52.